The Morgan fingerprint density at radius 1 is 0.889 bits per heavy atom. The van der Waals surface area contributed by atoms with Crippen molar-refractivity contribution >= 4 is 25.7 Å². The van der Waals surface area contributed by atoms with Crippen molar-refractivity contribution in [2.24, 2.45) is 0 Å². The molecule has 0 aliphatic rings. The van der Waals surface area contributed by atoms with Crippen molar-refractivity contribution in [2.75, 3.05) is 18.9 Å². The zero-order valence-electron chi connectivity index (χ0n) is 16.2. The Bertz CT molecular complexity index is 1030. The van der Waals surface area contributed by atoms with Gasteiger partial charge in [0.25, 0.3) is 20.0 Å². The number of hydroxylamine groups is 1. The molecule has 9 heteroatoms. The number of sulfonamides is 2. The smallest absolute Gasteiger partial charge is 0.264 e. The topological polar surface area (TPSA) is 92.8 Å². The molecule has 2 aromatic rings. The van der Waals surface area contributed by atoms with Crippen LogP contribution in [0.3, 0.4) is 0 Å². The van der Waals surface area contributed by atoms with Crippen molar-refractivity contribution in [3.8, 4) is 0 Å². The number of benzene rings is 2. The van der Waals surface area contributed by atoms with Crippen LogP contribution in [0.1, 0.15) is 22.3 Å². The van der Waals surface area contributed by atoms with Gasteiger partial charge >= 0.3 is 0 Å². The van der Waals surface area contributed by atoms with Crippen LogP contribution in [0.4, 0.5) is 5.69 Å². The van der Waals surface area contributed by atoms with Crippen molar-refractivity contribution in [3.63, 3.8) is 0 Å². The van der Waals surface area contributed by atoms with Gasteiger partial charge < -0.3 is 0 Å². The molecule has 0 amide bonds. The molecule has 7 nitrogen and oxygen atoms in total. The van der Waals surface area contributed by atoms with Crippen LogP contribution in [-0.2, 0) is 24.9 Å². The minimum atomic E-state index is -3.82. The second-order valence-electron chi connectivity index (χ2n) is 6.32. The molecule has 0 fully saturated rings. The molecule has 0 aliphatic carbocycles. The van der Waals surface area contributed by atoms with Crippen molar-refractivity contribution in [1.82, 2.24) is 4.47 Å². The molecule has 0 atom stereocenters. The van der Waals surface area contributed by atoms with Crippen LogP contribution in [0.15, 0.2) is 40.1 Å². The van der Waals surface area contributed by atoms with E-state index in [9.17, 15) is 16.8 Å². The zero-order chi connectivity index (χ0) is 20.6. The second-order valence-corrected chi connectivity index (χ2v) is 9.87. The summed E-state index contributed by atoms with van der Waals surface area (Å²) in [5.41, 5.74) is 3.43. The Morgan fingerprint density at radius 3 is 1.81 bits per heavy atom. The highest BCUT2D eigenvalue weighted by atomic mass is 32.2. The normalized spacial score (nSPS) is 12.4. The monoisotopic (exact) mass is 412 g/mol. The first-order valence-corrected chi connectivity index (χ1v) is 11.1. The van der Waals surface area contributed by atoms with Gasteiger partial charge in [-0.2, -0.15) is 0 Å². The third kappa shape index (κ3) is 4.16. The lowest BCUT2D eigenvalue weighted by Gasteiger charge is -2.17. The van der Waals surface area contributed by atoms with E-state index in [1.54, 1.807) is 13.8 Å². The van der Waals surface area contributed by atoms with Gasteiger partial charge in [0.2, 0.25) is 0 Å². The highest BCUT2D eigenvalue weighted by Crippen LogP contribution is 2.28. The van der Waals surface area contributed by atoms with Gasteiger partial charge in [-0.1, -0.05) is 10.5 Å². The van der Waals surface area contributed by atoms with Gasteiger partial charge in [-0.25, -0.2) is 16.8 Å². The lowest BCUT2D eigenvalue weighted by atomic mass is 10.0. The number of anilines is 1. The fourth-order valence-electron chi connectivity index (χ4n) is 2.73. The molecule has 0 saturated carbocycles. The number of nitrogens with one attached hydrogen (secondary N) is 1. The van der Waals surface area contributed by atoms with Crippen LogP contribution >= 0.6 is 0 Å². The molecular formula is C18H24N2O5S2. The van der Waals surface area contributed by atoms with E-state index in [4.69, 9.17) is 4.84 Å². The van der Waals surface area contributed by atoms with E-state index in [1.807, 2.05) is 19.9 Å². The van der Waals surface area contributed by atoms with Gasteiger partial charge in [0.1, 0.15) is 0 Å². The molecule has 0 bridgehead atoms. The minimum absolute atomic E-state index is 0.00596. The van der Waals surface area contributed by atoms with Gasteiger partial charge in [0, 0.05) is 12.7 Å². The first-order chi connectivity index (χ1) is 12.4. The molecule has 1 N–H and O–H groups in total. The molecule has 0 saturated heterocycles. The average Bonchev–Trinajstić information content (AvgIpc) is 2.59. The maximum atomic E-state index is 12.9. The summed E-state index contributed by atoms with van der Waals surface area (Å²) in [6, 6.07) is 7.41. The highest BCUT2D eigenvalue weighted by Gasteiger charge is 2.23. The summed E-state index contributed by atoms with van der Waals surface area (Å²) in [4.78, 5) is 4.96. The van der Waals surface area contributed by atoms with Gasteiger partial charge in [-0.05, 0) is 74.2 Å². The first-order valence-electron chi connectivity index (χ1n) is 8.15. The number of rotatable bonds is 6. The molecule has 27 heavy (non-hydrogen) atoms. The summed E-state index contributed by atoms with van der Waals surface area (Å²) in [6.45, 7) is 7.28. The summed E-state index contributed by atoms with van der Waals surface area (Å²) in [7, 11) is -5.10. The van der Waals surface area contributed by atoms with Gasteiger partial charge in [-0.15, -0.1) is 0 Å². The van der Waals surface area contributed by atoms with E-state index in [1.165, 1.54) is 38.4 Å². The first kappa shape index (κ1) is 21.4. The molecule has 2 aromatic carbocycles. The Kier molecular flexibility index (Phi) is 6.00. The predicted molar refractivity (Wildman–Crippen MR) is 105 cm³/mol. The SMILES string of the molecule is CON(C)S(=O)(=O)c1ccc(NS(=O)(=O)c2c(C)c(C)cc(C)c2C)cc1. The molecule has 0 radical (unpaired) electrons. The average molecular weight is 413 g/mol. The third-order valence-corrected chi connectivity index (χ3v) is 7.91. The van der Waals surface area contributed by atoms with Crippen molar-refractivity contribution in [2.45, 2.75) is 37.5 Å². The van der Waals surface area contributed by atoms with Crippen molar-refractivity contribution in [1.29, 1.82) is 0 Å². The highest BCUT2D eigenvalue weighted by molar-refractivity contribution is 7.92. The lowest BCUT2D eigenvalue weighted by Crippen LogP contribution is -2.25. The number of nitrogens with zero attached hydrogens (tertiary/aromatic N) is 1. The quantitative estimate of drug-likeness (QED) is 0.737. The molecule has 148 valence electrons. The molecule has 0 unspecified atom stereocenters. The summed E-state index contributed by atoms with van der Waals surface area (Å²) in [5.74, 6) is 0. The standard InChI is InChI=1S/C18H24N2O5S2/c1-12-11-13(2)15(4)18(14(12)3)26(21,22)19-16-7-9-17(10-8-16)27(23,24)20(5)25-6/h7-11,19H,1-6H3. The van der Waals surface area contributed by atoms with Crippen LogP contribution in [-0.4, -0.2) is 35.5 Å². The molecule has 2 rings (SSSR count). The Labute approximate surface area is 161 Å². The molecule has 0 aromatic heterocycles. The molecule has 0 heterocycles. The second kappa shape index (κ2) is 7.59. The third-order valence-electron chi connectivity index (χ3n) is 4.57. The Morgan fingerprint density at radius 2 is 1.37 bits per heavy atom. The van der Waals surface area contributed by atoms with Crippen LogP contribution in [0.25, 0.3) is 0 Å². The van der Waals surface area contributed by atoms with Crippen molar-refractivity contribution < 1.29 is 21.7 Å². The van der Waals surface area contributed by atoms with E-state index >= 15 is 0 Å². The lowest BCUT2D eigenvalue weighted by molar-refractivity contribution is -0.0258. The number of aryl methyl sites for hydroxylation is 2. The largest absolute Gasteiger partial charge is 0.288 e. The number of hydrogen-bond acceptors (Lipinski definition) is 5. The fourth-order valence-corrected chi connectivity index (χ4v) is 5.38. The number of hydrogen-bond donors (Lipinski definition) is 1. The van der Waals surface area contributed by atoms with Crippen molar-refractivity contribution in [3.05, 3.63) is 52.6 Å². The van der Waals surface area contributed by atoms with Gasteiger partial charge in [0.15, 0.2) is 0 Å². The van der Waals surface area contributed by atoms with Crippen LogP contribution in [0, 0.1) is 27.7 Å². The van der Waals surface area contributed by atoms with Crippen LogP contribution < -0.4 is 4.72 Å². The van der Waals surface area contributed by atoms with E-state index in [-0.39, 0.29) is 15.5 Å². The maximum absolute atomic E-state index is 12.9. The van der Waals surface area contributed by atoms with E-state index in [0.29, 0.717) is 11.1 Å². The Balaban J connectivity index is 2.41. The van der Waals surface area contributed by atoms with Crippen LogP contribution in [0.2, 0.25) is 0 Å². The molecular weight excluding hydrogens is 388 g/mol. The summed E-state index contributed by atoms with van der Waals surface area (Å²) < 4.78 is 53.5. The zero-order valence-corrected chi connectivity index (χ0v) is 17.8. The fraction of sp³-hybridized carbons (Fsp3) is 0.333. The Hall–Kier alpha value is -1.94. The molecule has 0 aliphatic heterocycles. The summed E-state index contributed by atoms with van der Waals surface area (Å²) in [5, 5.41) is 0. The minimum Gasteiger partial charge on any atom is -0.288 e. The van der Waals surface area contributed by atoms with Crippen LogP contribution in [0.5, 0.6) is 0 Å². The summed E-state index contributed by atoms with van der Waals surface area (Å²) in [6.07, 6.45) is 0. The van der Waals surface area contributed by atoms with Gasteiger partial charge in [-0.3, -0.25) is 9.56 Å². The van der Waals surface area contributed by atoms with E-state index in [2.05, 4.69) is 4.72 Å². The van der Waals surface area contributed by atoms with Gasteiger partial charge in [0.05, 0.1) is 16.9 Å². The maximum Gasteiger partial charge on any atom is 0.264 e. The van der Waals surface area contributed by atoms with E-state index < -0.39 is 20.0 Å². The van der Waals surface area contributed by atoms with E-state index in [0.717, 1.165) is 15.6 Å². The predicted octanol–water partition coefficient (Wildman–Crippen LogP) is 2.90. The summed E-state index contributed by atoms with van der Waals surface area (Å²) >= 11 is 0. The molecule has 0 spiro atoms.